The van der Waals surface area contributed by atoms with E-state index in [-0.39, 0.29) is 114 Å². The fourth-order valence-corrected chi connectivity index (χ4v) is 18.5. The molecular weight excluding hydrogens is 1300 g/mol. The molecule has 5 aliphatic rings. The number of phenolic OH excluding ortho intramolecular Hbond substituents is 17. The van der Waals surface area contributed by atoms with Crippen LogP contribution in [0, 0.1) is 0 Å². The van der Waals surface area contributed by atoms with Gasteiger partial charge in [-0.3, -0.25) is 0 Å². The third-order valence-electron chi connectivity index (χ3n) is 22.1. The van der Waals surface area contributed by atoms with E-state index in [1.165, 1.54) is 115 Å². The molecule has 12 aromatic carbocycles. The zero-order valence-electron chi connectivity index (χ0n) is 53.6. The van der Waals surface area contributed by atoms with Crippen molar-refractivity contribution in [2.75, 3.05) is 0 Å². The van der Waals surface area contributed by atoms with Gasteiger partial charge in [-0.05, 0) is 176 Å². The zero-order chi connectivity index (χ0) is 70.7. The first-order valence-electron chi connectivity index (χ1n) is 33.2. The Labute approximate surface area is 581 Å². The van der Waals surface area contributed by atoms with Crippen LogP contribution in [-0.2, 0) is 0 Å². The van der Waals surface area contributed by atoms with Gasteiger partial charge >= 0.3 is 0 Å². The second kappa shape index (κ2) is 23.1. The van der Waals surface area contributed by atoms with Crippen LogP contribution in [0.25, 0.3) is 0 Å². The molecule has 1 aliphatic heterocycles. The number of rotatable bonds is 10. The van der Waals surface area contributed by atoms with Crippen LogP contribution in [0.1, 0.15) is 177 Å². The number of benzene rings is 12. The molecule has 0 amide bonds. The van der Waals surface area contributed by atoms with Gasteiger partial charge < -0.3 is 91.5 Å². The lowest BCUT2D eigenvalue weighted by atomic mass is 9.68. The second-order valence-corrected chi connectivity index (χ2v) is 27.5. The molecule has 0 spiro atoms. The van der Waals surface area contributed by atoms with E-state index in [9.17, 15) is 86.8 Å². The van der Waals surface area contributed by atoms with Crippen molar-refractivity contribution in [3.63, 3.8) is 0 Å². The van der Waals surface area contributed by atoms with Crippen LogP contribution in [0.15, 0.2) is 212 Å². The van der Waals surface area contributed by atoms with E-state index in [1.807, 2.05) is 0 Å². The molecule has 1 heterocycles. The summed E-state index contributed by atoms with van der Waals surface area (Å²) in [6.07, 6.45) is -0.899. The first-order chi connectivity index (χ1) is 49.1. The number of ether oxygens (including phenoxy) is 1. The molecular formula is C84H64O18. The van der Waals surface area contributed by atoms with Gasteiger partial charge in [0.05, 0.1) is 5.92 Å². The van der Waals surface area contributed by atoms with E-state index in [2.05, 4.69) is 0 Å². The Morgan fingerprint density at radius 2 is 0.578 bits per heavy atom. The Kier molecular flexibility index (Phi) is 14.1. The van der Waals surface area contributed by atoms with Crippen molar-refractivity contribution in [3.8, 4) is 103 Å². The highest BCUT2D eigenvalue weighted by Crippen LogP contribution is 2.73. The normalized spacial score (nSPS) is 21.9. The van der Waals surface area contributed by atoms with Gasteiger partial charge in [-0.2, -0.15) is 0 Å². The van der Waals surface area contributed by atoms with Crippen molar-refractivity contribution in [1.82, 2.24) is 0 Å². The molecule has 17 N–H and O–H groups in total. The van der Waals surface area contributed by atoms with Crippen LogP contribution >= 0.6 is 0 Å². The van der Waals surface area contributed by atoms with Crippen molar-refractivity contribution >= 4 is 0 Å². The summed E-state index contributed by atoms with van der Waals surface area (Å²) >= 11 is 0. The molecule has 17 rings (SSSR count). The van der Waals surface area contributed by atoms with Crippen LogP contribution in [0.5, 0.6) is 103 Å². The van der Waals surface area contributed by atoms with Gasteiger partial charge in [-0.1, -0.05) is 72.8 Å². The lowest BCUT2D eigenvalue weighted by Gasteiger charge is -2.35. The first-order valence-corrected chi connectivity index (χ1v) is 33.2. The number of fused-ring (bicyclic) bond motifs is 3. The Balaban J connectivity index is 0.949. The van der Waals surface area contributed by atoms with E-state index in [0.29, 0.717) is 61.2 Å². The topological polar surface area (TPSA) is 353 Å². The SMILES string of the molecule is Oc1ccc([C@H]2c3c(O)cc(O)cc3[C@@H]([C@H](c3ccc(O)cc3)c3c(O)cc([C@H]4c5c(O)cc6c7c5C([C@@H](c5ccc(O)cc5)c5c(O)cc(O)cc5[C@H]7[C@H](c5ccc(O)cc5)O6)[C@@H]4c4ccc(O)cc4)cc3O)c3c(O)cc(O)c4c3C2[C@H](c2ccc(O)cc2)[C@H]4c2cc(O)cc(O)c2)cc1. The summed E-state index contributed by atoms with van der Waals surface area (Å²) < 4.78 is 6.95. The molecule has 0 radical (unpaired) electrons. The summed E-state index contributed by atoms with van der Waals surface area (Å²) in [5.41, 5.74) is 6.62. The minimum absolute atomic E-state index is 0.0157. The molecule has 2 unspecified atom stereocenters. The maximum atomic E-state index is 13.7. The largest absolute Gasteiger partial charge is 0.508 e. The lowest BCUT2D eigenvalue weighted by molar-refractivity contribution is 0.221. The van der Waals surface area contributed by atoms with E-state index in [4.69, 9.17) is 4.74 Å². The van der Waals surface area contributed by atoms with Crippen molar-refractivity contribution in [2.45, 2.75) is 71.2 Å². The number of phenols is 17. The molecule has 0 bridgehead atoms. The Hall–Kier alpha value is -13.0. The van der Waals surface area contributed by atoms with Crippen molar-refractivity contribution < 1.29 is 91.5 Å². The van der Waals surface area contributed by atoms with Crippen LogP contribution in [-0.4, -0.2) is 86.8 Å². The molecule has 12 aromatic rings. The second-order valence-electron chi connectivity index (χ2n) is 27.5. The molecule has 102 heavy (non-hydrogen) atoms. The van der Waals surface area contributed by atoms with E-state index < -0.39 is 106 Å². The summed E-state index contributed by atoms with van der Waals surface area (Å²) in [5, 5.41) is 204. The summed E-state index contributed by atoms with van der Waals surface area (Å²) in [6, 6.07) is 52.8. The fraction of sp³-hybridized carbons (Fsp3) is 0.143. The van der Waals surface area contributed by atoms with E-state index in [1.54, 1.807) is 78.9 Å². The third-order valence-corrected chi connectivity index (χ3v) is 22.1. The van der Waals surface area contributed by atoms with Crippen LogP contribution < -0.4 is 4.74 Å². The van der Waals surface area contributed by atoms with E-state index >= 15 is 0 Å². The van der Waals surface area contributed by atoms with Crippen molar-refractivity contribution in [3.05, 3.63) is 318 Å². The average Bonchev–Trinajstić information content (AvgIpc) is 1.53. The van der Waals surface area contributed by atoms with Crippen molar-refractivity contribution in [2.24, 2.45) is 0 Å². The Morgan fingerprint density at radius 1 is 0.225 bits per heavy atom. The standard InChI is InChI=1S/C84H64O18/c85-44-13-1-36(2-14-44)64-69(42-25-50(91)29-51(92)26-42)76-60(99)34-61(100)78-73(54-30-52(93)32-58(97)71(54)66(80(64)82(76)78)38-5-17-46(87)18-6-38)68(40-9-21-48(89)22-10-40)75-56(95)27-43(28-57(75)96)70-65(37-3-15-45(86)16-4-37)81-67(39-7-19-47(88)20-8-39)72-55(31-53(94)33-59(72)98)74-79-63(35-62(101)77(70)83(79)81)102-84(74)41-11-23-49(90)24-12-41/h1-35,64-70,73-74,80-81,84-101H/t64-,65-,66+,67+,68+,69-,70-,73+,74-,80?,81?,84+/m1/s1. The van der Waals surface area contributed by atoms with Gasteiger partial charge in [0, 0.05) is 128 Å². The van der Waals surface area contributed by atoms with Gasteiger partial charge in [0.2, 0.25) is 0 Å². The molecule has 0 saturated carbocycles. The van der Waals surface area contributed by atoms with Gasteiger partial charge in [0.1, 0.15) is 110 Å². The molecule has 12 atom stereocenters. The molecule has 4 aliphatic carbocycles. The summed E-state index contributed by atoms with van der Waals surface area (Å²) in [5.74, 6) is -16.1. The molecule has 0 fully saturated rings. The fourth-order valence-electron chi connectivity index (χ4n) is 18.5. The maximum absolute atomic E-state index is 13.7. The van der Waals surface area contributed by atoms with Gasteiger partial charge in [-0.15, -0.1) is 0 Å². The minimum Gasteiger partial charge on any atom is -0.508 e. The highest BCUT2D eigenvalue weighted by Gasteiger charge is 2.58. The van der Waals surface area contributed by atoms with Crippen LogP contribution in [0.2, 0.25) is 0 Å². The first kappa shape index (κ1) is 62.6. The summed E-state index contributed by atoms with van der Waals surface area (Å²) in [6.45, 7) is 0. The third kappa shape index (κ3) is 9.60. The van der Waals surface area contributed by atoms with Crippen LogP contribution in [0.4, 0.5) is 0 Å². The van der Waals surface area contributed by atoms with Crippen LogP contribution in [0.3, 0.4) is 0 Å². The maximum Gasteiger partial charge on any atom is 0.135 e. The van der Waals surface area contributed by atoms with Gasteiger partial charge in [0.25, 0.3) is 0 Å². The predicted octanol–water partition coefficient (Wildman–Crippen LogP) is 15.2. The molecule has 0 aromatic heterocycles. The highest BCUT2D eigenvalue weighted by atomic mass is 16.5. The summed E-state index contributed by atoms with van der Waals surface area (Å²) in [7, 11) is 0. The van der Waals surface area contributed by atoms with Crippen molar-refractivity contribution in [1.29, 1.82) is 0 Å². The lowest BCUT2D eigenvalue weighted by Crippen LogP contribution is -2.21. The molecule has 508 valence electrons. The number of hydrogen-bond acceptors (Lipinski definition) is 18. The average molecular weight is 1360 g/mol. The minimum atomic E-state index is -1.46. The molecule has 0 saturated heterocycles. The Bertz CT molecular complexity index is 5360. The number of hydrogen-bond donors (Lipinski definition) is 17. The number of aromatic hydroxyl groups is 17. The highest BCUT2D eigenvalue weighted by molar-refractivity contribution is 5.76. The smallest absolute Gasteiger partial charge is 0.135 e. The zero-order valence-corrected chi connectivity index (χ0v) is 53.6. The summed E-state index contributed by atoms with van der Waals surface area (Å²) in [4.78, 5) is 0. The predicted molar refractivity (Wildman–Crippen MR) is 373 cm³/mol. The van der Waals surface area contributed by atoms with Gasteiger partial charge in [0.15, 0.2) is 0 Å². The van der Waals surface area contributed by atoms with E-state index in [0.717, 1.165) is 18.2 Å². The van der Waals surface area contributed by atoms with Gasteiger partial charge in [-0.25, -0.2) is 0 Å². The Morgan fingerprint density at radius 3 is 1.05 bits per heavy atom. The monoisotopic (exact) mass is 1360 g/mol. The molecule has 18 nitrogen and oxygen atoms in total. The molecule has 18 heteroatoms. The quantitative estimate of drug-likeness (QED) is 0.0605.